The van der Waals surface area contributed by atoms with Crippen molar-refractivity contribution in [1.82, 2.24) is 25.1 Å². The van der Waals surface area contributed by atoms with Crippen molar-refractivity contribution in [2.75, 3.05) is 5.32 Å². The smallest absolute Gasteiger partial charge is 0.242 e. The van der Waals surface area contributed by atoms with E-state index in [1.165, 1.54) is 11.9 Å². The van der Waals surface area contributed by atoms with Crippen LogP contribution >= 0.6 is 0 Å². The van der Waals surface area contributed by atoms with Crippen molar-refractivity contribution < 1.29 is 0 Å². The lowest BCUT2D eigenvalue weighted by Gasteiger charge is -2.00. The van der Waals surface area contributed by atoms with Crippen LogP contribution in [0.25, 0.3) is 11.4 Å². The van der Waals surface area contributed by atoms with Gasteiger partial charge in [-0.25, -0.2) is 9.97 Å². The van der Waals surface area contributed by atoms with E-state index in [-0.39, 0.29) is 0 Å². The summed E-state index contributed by atoms with van der Waals surface area (Å²) in [5.74, 6) is 1.21. The maximum absolute atomic E-state index is 4.34. The summed E-state index contributed by atoms with van der Waals surface area (Å²) in [6, 6.07) is 10.1. The maximum Gasteiger partial charge on any atom is 0.242 e. The molecule has 0 atom stereocenters. The Morgan fingerprint density at radius 2 is 1.84 bits per heavy atom. The number of hydrogen-bond acceptors (Lipinski definition) is 5. The van der Waals surface area contributed by atoms with E-state index in [2.05, 4.69) is 30.5 Å². The topological polar surface area (TPSA) is 79.4 Å². The van der Waals surface area contributed by atoms with Gasteiger partial charge in [0.25, 0.3) is 0 Å². The van der Waals surface area contributed by atoms with Gasteiger partial charge in [-0.05, 0) is 5.56 Å². The number of anilines is 1. The fraction of sp³-hybridized carbons (Fsp3) is 0.0769. The summed E-state index contributed by atoms with van der Waals surface area (Å²) in [7, 11) is 0. The Morgan fingerprint density at radius 1 is 1.05 bits per heavy atom. The number of H-pyrrole nitrogens is 1. The van der Waals surface area contributed by atoms with Crippen LogP contribution in [0.3, 0.4) is 0 Å². The van der Waals surface area contributed by atoms with Crippen LogP contribution in [0.4, 0.5) is 5.95 Å². The fourth-order valence-corrected chi connectivity index (χ4v) is 1.67. The molecular formula is C13H12N6. The van der Waals surface area contributed by atoms with Gasteiger partial charge in [0.1, 0.15) is 6.33 Å². The van der Waals surface area contributed by atoms with Crippen molar-refractivity contribution in [2.45, 2.75) is 6.54 Å². The fourth-order valence-electron chi connectivity index (χ4n) is 1.67. The van der Waals surface area contributed by atoms with E-state index in [1.54, 1.807) is 12.4 Å². The van der Waals surface area contributed by atoms with E-state index in [0.717, 1.165) is 5.56 Å². The van der Waals surface area contributed by atoms with Crippen LogP contribution in [-0.4, -0.2) is 25.1 Å². The molecule has 2 heterocycles. The number of nitrogens with one attached hydrogen (secondary N) is 2. The molecule has 0 aliphatic heterocycles. The first-order valence-electron chi connectivity index (χ1n) is 5.87. The second-order valence-electron chi connectivity index (χ2n) is 3.97. The summed E-state index contributed by atoms with van der Waals surface area (Å²) in [6.07, 6.45) is 4.86. The summed E-state index contributed by atoms with van der Waals surface area (Å²) < 4.78 is 0. The molecule has 0 aliphatic rings. The molecule has 0 aliphatic carbocycles. The highest BCUT2D eigenvalue weighted by molar-refractivity contribution is 5.53. The Kier molecular flexibility index (Phi) is 3.14. The SMILES string of the molecule is c1ccc(CNc2n[nH]c(-c3cncnc3)n2)cc1. The molecule has 0 saturated heterocycles. The molecule has 0 fully saturated rings. The molecule has 0 amide bonds. The minimum Gasteiger partial charge on any atom is -0.349 e. The van der Waals surface area contributed by atoms with E-state index in [4.69, 9.17) is 0 Å². The molecule has 1 aromatic carbocycles. The van der Waals surface area contributed by atoms with E-state index in [0.29, 0.717) is 18.3 Å². The molecule has 6 heteroatoms. The lowest BCUT2D eigenvalue weighted by atomic mass is 10.2. The molecule has 19 heavy (non-hydrogen) atoms. The van der Waals surface area contributed by atoms with Gasteiger partial charge in [-0.2, -0.15) is 4.98 Å². The second kappa shape index (κ2) is 5.26. The average molecular weight is 252 g/mol. The highest BCUT2D eigenvalue weighted by atomic mass is 15.3. The molecule has 0 unspecified atom stereocenters. The largest absolute Gasteiger partial charge is 0.349 e. The van der Waals surface area contributed by atoms with Gasteiger partial charge in [-0.3, -0.25) is 5.10 Å². The minimum atomic E-state index is 0.558. The quantitative estimate of drug-likeness (QED) is 0.741. The summed E-state index contributed by atoms with van der Waals surface area (Å²) in [5, 5.41) is 10.1. The predicted molar refractivity (Wildman–Crippen MR) is 71.2 cm³/mol. The van der Waals surface area contributed by atoms with E-state index in [1.807, 2.05) is 30.3 Å². The van der Waals surface area contributed by atoms with Crippen LogP contribution in [0, 0.1) is 0 Å². The first kappa shape index (κ1) is 11.3. The van der Waals surface area contributed by atoms with Gasteiger partial charge < -0.3 is 5.32 Å². The zero-order valence-electron chi connectivity index (χ0n) is 10.1. The summed E-state index contributed by atoms with van der Waals surface area (Å²) in [5.41, 5.74) is 1.99. The lowest BCUT2D eigenvalue weighted by Crippen LogP contribution is -2.00. The van der Waals surface area contributed by atoms with Crippen LogP contribution in [0.5, 0.6) is 0 Å². The number of benzene rings is 1. The number of aromatic amines is 1. The van der Waals surface area contributed by atoms with Crippen molar-refractivity contribution in [3.8, 4) is 11.4 Å². The zero-order chi connectivity index (χ0) is 12.9. The third-order valence-electron chi connectivity index (χ3n) is 2.61. The van der Waals surface area contributed by atoms with Crippen molar-refractivity contribution in [1.29, 1.82) is 0 Å². The van der Waals surface area contributed by atoms with Crippen molar-refractivity contribution in [3.05, 3.63) is 54.6 Å². The molecule has 6 nitrogen and oxygen atoms in total. The molecule has 94 valence electrons. The normalized spacial score (nSPS) is 10.3. The first-order valence-corrected chi connectivity index (χ1v) is 5.87. The summed E-state index contributed by atoms with van der Waals surface area (Å²) in [4.78, 5) is 12.2. The Morgan fingerprint density at radius 3 is 2.63 bits per heavy atom. The number of aromatic nitrogens is 5. The highest BCUT2D eigenvalue weighted by Crippen LogP contribution is 2.13. The number of rotatable bonds is 4. The molecule has 0 spiro atoms. The zero-order valence-corrected chi connectivity index (χ0v) is 10.1. The van der Waals surface area contributed by atoms with E-state index in [9.17, 15) is 0 Å². The number of hydrogen-bond donors (Lipinski definition) is 2. The molecule has 2 aromatic heterocycles. The monoisotopic (exact) mass is 252 g/mol. The molecule has 0 bridgehead atoms. The Hall–Kier alpha value is -2.76. The van der Waals surface area contributed by atoms with Gasteiger partial charge >= 0.3 is 0 Å². The van der Waals surface area contributed by atoms with Gasteiger partial charge in [0.2, 0.25) is 5.95 Å². The van der Waals surface area contributed by atoms with Crippen LogP contribution in [0.1, 0.15) is 5.56 Å². The molecular weight excluding hydrogens is 240 g/mol. The molecule has 3 rings (SSSR count). The van der Waals surface area contributed by atoms with E-state index >= 15 is 0 Å². The van der Waals surface area contributed by atoms with Gasteiger partial charge in [0, 0.05) is 18.9 Å². The Balaban J connectivity index is 1.69. The van der Waals surface area contributed by atoms with Gasteiger partial charge in [-0.15, -0.1) is 5.10 Å². The first-order chi connectivity index (χ1) is 9.42. The maximum atomic E-state index is 4.34. The Bertz CT molecular complexity index is 635. The Labute approximate surface area is 110 Å². The third-order valence-corrected chi connectivity index (χ3v) is 2.61. The van der Waals surface area contributed by atoms with Crippen molar-refractivity contribution >= 4 is 5.95 Å². The van der Waals surface area contributed by atoms with Crippen LogP contribution in [0.2, 0.25) is 0 Å². The highest BCUT2D eigenvalue weighted by Gasteiger charge is 2.05. The van der Waals surface area contributed by atoms with Gasteiger partial charge in [0.15, 0.2) is 5.82 Å². The molecule has 0 saturated carbocycles. The minimum absolute atomic E-state index is 0.558. The van der Waals surface area contributed by atoms with Crippen LogP contribution < -0.4 is 5.32 Å². The van der Waals surface area contributed by atoms with E-state index < -0.39 is 0 Å². The third kappa shape index (κ3) is 2.74. The summed E-state index contributed by atoms with van der Waals surface area (Å²) in [6.45, 7) is 0.684. The lowest BCUT2D eigenvalue weighted by molar-refractivity contribution is 1.04. The van der Waals surface area contributed by atoms with Crippen molar-refractivity contribution in [3.63, 3.8) is 0 Å². The van der Waals surface area contributed by atoms with Crippen molar-refractivity contribution in [2.24, 2.45) is 0 Å². The second-order valence-corrected chi connectivity index (χ2v) is 3.97. The predicted octanol–water partition coefficient (Wildman–Crippen LogP) is 1.87. The van der Waals surface area contributed by atoms with Gasteiger partial charge in [-0.1, -0.05) is 30.3 Å². The number of nitrogens with zero attached hydrogens (tertiary/aromatic N) is 4. The van der Waals surface area contributed by atoms with Crippen LogP contribution in [0.15, 0.2) is 49.1 Å². The van der Waals surface area contributed by atoms with Crippen LogP contribution in [-0.2, 0) is 6.54 Å². The summed E-state index contributed by atoms with van der Waals surface area (Å²) >= 11 is 0. The van der Waals surface area contributed by atoms with Gasteiger partial charge in [0.05, 0.1) is 5.56 Å². The molecule has 3 aromatic rings. The molecule has 2 N–H and O–H groups in total. The molecule has 0 radical (unpaired) electrons. The average Bonchev–Trinajstić information content (AvgIpc) is 2.96. The standard InChI is InChI=1S/C13H12N6/c1-2-4-10(5-3-1)6-16-13-17-12(18-19-13)11-7-14-9-15-8-11/h1-5,7-9H,6H2,(H2,16,17,18,19).